The van der Waals surface area contributed by atoms with Gasteiger partial charge in [0.2, 0.25) is 0 Å². The van der Waals surface area contributed by atoms with Crippen LogP contribution in [0, 0.1) is 0 Å². The van der Waals surface area contributed by atoms with Crippen molar-refractivity contribution in [3.05, 3.63) is 28.2 Å². The van der Waals surface area contributed by atoms with Crippen LogP contribution >= 0.6 is 15.9 Å². The summed E-state index contributed by atoms with van der Waals surface area (Å²) in [5.74, 6) is 0.901. The number of benzene rings is 1. The van der Waals surface area contributed by atoms with Gasteiger partial charge in [0.1, 0.15) is 5.75 Å². The monoisotopic (exact) mass is 340 g/mol. The molecule has 0 unspecified atom stereocenters. The van der Waals surface area contributed by atoms with Crippen molar-refractivity contribution in [3.8, 4) is 5.75 Å². The average Bonchev–Trinajstić information content (AvgIpc) is 2.48. The summed E-state index contributed by atoms with van der Waals surface area (Å²) in [5, 5.41) is 3.45. The predicted octanol–water partition coefficient (Wildman–Crippen LogP) is 3.42. The molecule has 1 aromatic rings. The van der Waals surface area contributed by atoms with Crippen LogP contribution in [0.3, 0.4) is 0 Å². The average molecular weight is 341 g/mol. The van der Waals surface area contributed by atoms with Gasteiger partial charge in [0, 0.05) is 12.6 Å². The minimum atomic E-state index is 0.720. The maximum atomic E-state index is 5.30. The molecule has 1 heterocycles. The Morgan fingerprint density at radius 2 is 2.10 bits per heavy atom. The normalized spacial score (nSPS) is 16.6. The number of hydrogen-bond donors (Lipinski definition) is 1. The van der Waals surface area contributed by atoms with Gasteiger partial charge in [0.05, 0.1) is 11.6 Å². The van der Waals surface area contributed by atoms with Gasteiger partial charge in [-0.3, -0.25) is 4.90 Å². The van der Waals surface area contributed by atoms with E-state index in [9.17, 15) is 0 Å². The van der Waals surface area contributed by atoms with E-state index in [1.165, 1.54) is 31.4 Å². The van der Waals surface area contributed by atoms with Crippen LogP contribution in [-0.2, 0) is 6.54 Å². The molecule has 1 N–H and O–H groups in total. The van der Waals surface area contributed by atoms with E-state index >= 15 is 0 Å². The molecule has 20 heavy (non-hydrogen) atoms. The van der Waals surface area contributed by atoms with Crippen molar-refractivity contribution >= 4 is 15.9 Å². The number of hydrogen-bond acceptors (Lipinski definition) is 3. The Morgan fingerprint density at radius 3 is 2.70 bits per heavy atom. The number of methoxy groups -OCH3 is 1. The zero-order chi connectivity index (χ0) is 14.4. The highest BCUT2D eigenvalue weighted by Crippen LogP contribution is 2.26. The number of nitrogens with zero attached hydrogens (tertiary/aromatic N) is 1. The lowest BCUT2D eigenvalue weighted by molar-refractivity contribution is 0.154. The van der Waals surface area contributed by atoms with E-state index in [0.29, 0.717) is 0 Å². The lowest BCUT2D eigenvalue weighted by Gasteiger charge is -2.34. The van der Waals surface area contributed by atoms with Crippen molar-refractivity contribution < 1.29 is 4.74 Å². The summed E-state index contributed by atoms with van der Waals surface area (Å²) in [7, 11) is 1.71. The Labute approximate surface area is 130 Å². The first kappa shape index (κ1) is 15.8. The van der Waals surface area contributed by atoms with E-state index in [1.54, 1.807) is 7.11 Å². The Kier molecular flexibility index (Phi) is 6.33. The van der Waals surface area contributed by atoms with Gasteiger partial charge in [-0.25, -0.2) is 0 Å². The SMILES string of the molecule is CCCN(Cc1ccc(OC)c(Br)c1)C1CCNCC1. The van der Waals surface area contributed by atoms with Crippen molar-refractivity contribution in [2.45, 2.75) is 38.8 Å². The van der Waals surface area contributed by atoms with E-state index in [4.69, 9.17) is 4.74 Å². The molecule has 1 fully saturated rings. The molecule has 0 aromatic heterocycles. The molecule has 0 bridgehead atoms. The molecule has 112 valence electrons. The van der Waals surface area contributed by atoms with Crippen LogP contribution in [0.4, 0.5) is 0 Å². The van der Waals surface area contributed by atoms with Crippen molar-refractivity contribution in [2.24, 2.45) is 0 Å². The van der Waals surface area contributed by atoms with Gasteiger partial charge in [-0.1, -0.05) is 13.0 Å². The van der Waals surface area contributed by atoms with Gasteiger partial charge < -0.3 is 10.1 Å². The minimum absolute atomic E-state index is 0.720. The number of rotatable bonds is 6. The standard InChI is InChI=1S/C16H25BrN2O/c1-3-10-19(14-6-8-18-9-7-14)12-13-4-5-16(20-2)15(17)11-13/h4-5,11,14,18H,3,6-10,12H2,1-2H3. The molecule has 0 amide bonds. The molecule has 1 saturated heterocycles. The molecule has 1 aromatic carbocycles. The third kappa shape index (κ3) is 4.21. The van der Waals surface area contributed by atoms with E-state index in [-0.39, 0.29) is 0 Å². The Balaban J connectivity index is 2.04. The number of halogens is 1. The van der Waals surface area contributed by atoms with Crippen LogP contribution in [0.5, 0.6) is 5.75 Å². The van der Waals surface area contributed by atoms with E-state index in [0.717, 1.165) is 35.9 Å². The highest BCUT2D eigenvalue weighted by molar-refractivity contribution is 9.10. The number of nitrogens with one attached hydrogen (secondary N) is 1. The van der Waals surface area contributed by atoms with Crippen LogP contribution in [0.1, 0.15) is 31.7 Å². The first-order valence-corrected chi connectivity index (χ1v) is 8.31. The fourth-order valence-electron chi connectivity index (χ4n) is 2.89. The molecule has 3 nitrogen and oxygen atoms in total. The van der Waals surface area contributed by atoms with Crippen molar-refractivity contribution in [3.63, 3.8) is 0 Å². The van der Waals surface area contributed by atoms with E-state index in [1.807, 2.05) is 6.07 Å². The second-order valence-corrected chi connectivity index (χ2v) is 6.27. The summed E-state index contributed by atoms with van der Waals surface area (Å²) in [6.45, 7) is 6.77. The number of piperidine rings is 1. The third-order valence-electron chi connectivity index (χ3n) is 3.94. The number of ether oxygens (including phenoxy) is 1. The summed E-state index contributed by atoms with van der Waals surface area (Å²) in [6.07, 6.45) is 3.73. The maximum Gasteiger partial charge on any atom is 0.133 e. The lowest BCUT2D eigenvalue weighted by atomic mass is 10.0. The quantitative estimate of drug-likeness (QED) is 0.858. The van der Waals surface area contributed by atoms with Gasteiger partial charge in [0.25, 0.3) is 0 Å². The zero-order valence-electron chi connectivity index (χ0n) is 12.5. The molecule has 0 spiro atoms. The summed E-state index contributed by atoms with van der Waals surface area (Å²) >= 11 is 3.58. The second kappa shape index (κ2) is 8.01. The smallest absolute Gasteiger partial charge is 0.133 e. The zero-order valence-corrected chi connectivity index (χ0v) is 14.1. The molecular weight excluding hydrogens is 316 g/mol. The highest BCUT2D eigenvalue weighted by Gasteiger charge is 2.20. The first-order chi connectivity index (χ1) is 9.74. The van der Waals surface area contributed by atoms with Gasteiger partial charge in [-0.2, -0.15) is 0 Å². The first-order valence-electron chi connectivity index (χ1n) is 7.51. The van der Waals surface area contributed by atoms with Crippen LogP contribution in [-0.4, -0.2) is 37.7 Å². The van der Waals surface area contributed by atoms with Gasteiger partial charge in [-0.15, -0.1) is 0 Å². The molecule has 0 radical (unpaired) electrons. The summed E-state index contributed by atoms with van der Waals surface area (Å²) in [5.41, 5.74) is 1.35. The molecule has 1 aliphatic heterocycles. The fraction of sp³-hybridized carbons (Fsp3) is 0.625. The largest absolute Gasteiger partial charge is 0.496 e. The van der Waals surface area contributed by atoms with Crippen molar-refractivity contribution in [1.29, 1.82) is 0 Å². The summed E-state index contributed by atoms with van der Waals surface area (Å²) in [4.78, 5) is 2.63. The highest BCUT2D eigenvalue weighted by atomic mass is 79.9. The van der Waals surface area contributed by atoms with Gasteiger partial charge in [0.15, 0.2) is 0 Å². The summed E-state index contributed by atoms with van der Waals surface area (Å²) < 4.78 is 6.34. The molecular formula is C16H25BrN2O. The fourth-order valence-corrected chi connectivity index (χ4v) is 3.48. The van der Waals surface area contributed by atoms with E-state index < -0.39 is 0 Å². The molecule has 2 rings (SSSR count). The van der Waals surface area contributed by atoms with Crippen LogP contribution in [0.15, 0.2) is 22.7 Å². The topological polar surface area (TPSA) is 24.5 Å². The van der Waals surface area contributed by atoms with Crippen LogP contribution in [0.25, 0.3) is 0 Å². The van der Waals surface area contributed by atoms with Crippen LogP contribution in [0.2, 0.25) is 0 Å². The lowest BCUT2D eigenvalue weighted by Crippen LogP contribution is -2.43. The minimum Gasteiger partial charge on any atom is -0.496 e. The Bertz CT molecular complexity index is 419. The Morgan fingerprint density at radius 1 is 1.35 bits per heavy atom. The molecule has 1 aliphatic rings. The van der Waals surface area contributed by atoms with Crippen LogP contribution < -0.4 is 10.1 Å². The molecule has 4 heteroatoms. The Hall–Kier alpha value is -0.580. The van der Waals surface area contributed by atoms with Crippen molar-refractivity contribution in [1.82, 2.24) is 10.2 Å². The molecule has 0 saturated carbocycles. The van der Waals surface area contributed by atoms with E-state index in [2.05, 4.69) is 45.2 Å². The molecule has 0 aliphatic carbocycles. The molecule has 0 atom stereocenters. The second-order valence-electron chi connectivity index (χ2n) is 5.42. The summed E-state index contributed by atoms with van der Waals surface area (Å²) in [6, 6.07) is 7.12. The van der Waals surface area contributed by atoms with Gasteiger partial charge >= 0.3 is 0 Å². The maximum absolute atomic E-state index is 5.30. The predicted molar refractivity (Wildman–Crippen MR) is 87.3 cm³/mol. The van der Waals surface area contributed by atoms with Crippen molar-refractivity contribution in [2.75, 3.05) is 26.7 Å². The third-order valence-corrected chi connectivity index (χ3v) is 4.56. The van der Waals surface area contributed by atoms with Gasteiger partial charge in [-0.05, 0) is 72.5 Å².